The summed E-state index contributed by atoms with van der Waals surface area (Å²) in [6.07, 6.45) is 1.87. The highest BCUT2D eigenvalue weighted by Gasteiger charge is 2.33. The number of carbonyl (C=O) groups excluding carboxylic acids is 1. The monoisotopic (exact) mass is 466 g/mol. The van der Waals surface area contributed by atoms with Crippen molar-refractivity contribution in [3.8, 4) is 17.2 Å². The van der Waals surface area contributed by atoms with E-state index in [1.165, 1.54) is 4.88 Å². The van der Waals surface area contributed by atoms with E-state index >= 15 is 0 Å². The molecule has 7 heteroatoms. The van der Waals surface area contributed by atoms with Crippen molar-refractivity contribution in [2.45, 2.75) is 25.4 Å². The first-order valence-electron chi connectivity index (χ1n) is 11.1. The molecule has 6 nitrogen and oxygen atoms in total. The third-order valence-electron chi connectivity index (χ3n) is 6.06. The first-order valence-corrected chi connectivity index (χ1v) is 11.9. The van der Waals surface area contributed by atoms with Crippen LogP contribution in [0.1, 0.15) is 29.3 Å². The van der Waals surface area contributed by atoms with Crippen LogP contribution in [0.3, 0.4) is 0 Å². The molecule has 0 radical (unpaired) electrons. The number of thiophene rings is 1. The maximum atomic E-state index is 13.6. The fraction of sp³-hybridized carbons (Fsp3) is 0.346. The Morgan fingerprint density at radius 3 is 2.45 bits per heavy atom. The van der Waals surface area contributed by atoms with Gasteiger partial charge in [-0.3, -0.25) is 4.79 Å². The minimum absolute atomic E-state index is 0.0259. The zero-order valence-corrected chi connectivity index (χ0v) is 20.1. The van der Waals surface area contributed by atoms with E-state index in [1.807, 2.05) is 53.4 Å². The maximum Gasteiger partial charge on any atom is 0.242 e. The number of hydrogen-bond donors (Lipinski definition) is 0. The van der Waals surface area contributed by atoms with Crippen molar-refractivity contribution >= 4 is 22.9 Å². The van der Waals surface area contributed by atoms with E-state index in [0.29, 0.717) is 13.1 Å². The van der Waals surface area contributed by atoms with Gasteiger partial charge in [0.25, 0.3) is 0 Å². The van der Waals surface area contributed by atoms with Crippen molar-refractivity contribution in [2.24, 2.45) is 0 Å². The number of benzene rings is 2. The van der Waals surface area contributed by atoms with E-state index in [-0.39, 0.29) is 11.9 Å². The van der Waals surface area contributed by atoms with E-state index < -0.39 is 0 Å². The molecule has 174 valence electrons. The normalized spacial score (nSPS) is 15.4. The van der Waals surface area contributed by atoms with Crippen LogP contribution in [0.25, 0.3) is 0 Å². The molecule has 2 aromatic carbocycles. The molecule has 0 saturated carbocycles. The number of amides is 1. The summed E-state index contributed by atoms with van der Waals surface area (Å²) >= 11 is 1.70. The lowest BCUT2D eigenvalue weighted by Gasteiger charge is -2.30. The van der Waals surface area contributed by atoms with Gasteiger partial charge >= 0.3 is 0 Å². The van der Waals surface area contributed by atoms with Crippen LogP contribution < -0.4 is 19.1 Å². The van der Waals surface area contributed by atoms with E-state index in [9.17, 15) is 4.79 Å². The molecule has 2 heterocycles. The van der Waals surface area contributed by atoms with Crippen LogP contribution in [0, 0.1) is 0 Å². The second-order valence-corrected chi connectivity index (χ2v) is 9.02. The zero-order chi connectivity index (χ0) is 23.2. The minimum Gasteiger partial charge on any atom is -0.497 e. The molecule has 0 bridgehead atoms. The zero-order valence-electron chi connectivity index (χ0n) is 19.3. The Hall–Kier alpha value is -3.19. The molecule has 4 rings (SSSR count). The Labute approximate surface area is 199 Å². The summed E-state index contributed by atoms with van der Waals surface area (Å²) < 4.78 is 16.4. The van der Waals surface area contributed by atoms with Crippen molar-refractivity contribution in [3.05, 3.63) is 70.4 Å². The van der Waals surface area contributed by atoms with Crippen molar-refractivity contribution < 1.29 is 19.0 Å². The van der Waals surface area contributed by atoms with Crippen molar-refractivity contribution in [3.63, 3.8) is 0 Å². The molecule has 1 fully saturated rings. The summed E-state index contributed by atoms with van der Waals surface area (Å²) in [4.78, 5) is 18.9. The van der Waals surface area contributed by atoms with Gasteiger partial charge in [-0.25, -0.2) is 0 Å². The summed E-state index contributed by atoms with van der Waals surface area (Å²) in [5.74, 6) is 2.45. The number of carbonyl (C=O) groups is 1. The number of nitrogens with zero attached hydrogens (tertiary/aromatic N) is 2. The number of hydrogen-bond acceptors (Lipinski definition) is 6. The van der Waals surface area contributed by atoms with Gasteiger partial charge in [-0.05, 0) is 66.8 Å². The lowest BCUT2D eigenvalue weighted by molar-refractivity contribution is -0.130. The summed E-state index contributed by atoms with van der Waals surface area (Å²) in [5.41, 5.74) is 1.99. The van der Waals surface area contributed by atoms with Crippen LogP contribution in [-0.2, 0) is 11.3 Å². The van der Waals surface area contributed by atoms with Crippen LogP contribution in [0.15, 0.2) is 60.0 Å². The molecule has 0 spiro atoms. The highest BCUT2D eigenvalue weighted by Crippen LogP contribution is 2.39. The summed E-state index contributed by atoms with van der Waals surface area (Å²) in [5, 5.41) is 2.06. The van der Waals surface area contributed by atoms with Gasteiger partial charge in [0.15, 0.2) is 0 Å². The van der Waals surface area contributed by atoms with Crippen molar-refractivity contribution in [2.75, 3.05) is 39.3 Å². The fourth-order valence-corrected chi connectivity index (χ4v) is 5.08. The molecule has 1 aromatic heterocycles. The van der Waals surface area contributed by atoms with E-state index in [1.54, 1.807) is 32.7 Å². The predicted octanol–water partition coefficient (Wildman–Crippen LogP) is 5.14. The molecule has 3 aromatic rings. The quantitative estimate of drug-likeness (QED) is 0.437. The standard InChI is InChI=1S/C26H30N2O4S/c1-30-20-10-8-19(9-11-20)27(17-22-6-5-15-33-22)18-26(29)28-14-4-7-24(28)23-16-21(31-2)12-13-25(23)32-3/h5-6,8-13,15-16,24H,4,7,14,17-18H2,1-3H3. The maximum absolute atomic E-state index is 13.6. The molecular formula is C26H30N2O4S. The summed E-state index contributed by atoms with van der Waals surface area (Å²) in [6, 6.07) is 17.8. The lowest BCUT2D eigenvalue weighted by Crippen LogP contribution is -2.40. The second kappa shape index (κ2) is 10.6. The molecule has 1 saturated heterocycles. The van der Waals surface area contributed by atoms with Gasteiger partial charge in [0, 0.05) is 22.7 Å². The van der Waals surface area contributed by atoms with Crippen molar-refractivity contribution in [1.82, 2.24) is 4.90 Å². The van der Waals surface area contributed by atoms with Gasteiger partial charge in [-0.1, -0.05) is 6.07 Å². The van der Waals surface area contributed by atoms with E-state index in [4.69, 9.17) is 14.2 Å². The third-order valence-corrected chi connectivity index (χ3v) is 6.92. The van der Waals surface area contributed by atoms with Crippen LogP contribution in [0.2, 0.25) is 0 Å². The van der Waals surface area contributed by atoms with Crippen molar-refractivity contribution in [1.29, 1.82) is 0 Å². The SMILES string of the molecule is COc1ccc(N(CC(=O)N2CCCC2c2cc(OC)ccc2OC)Cc2cccs2)cc1. The topological polar surface area (TPSA) is 51.2 Å². The Bertz CT molecular complexity index is 1050. The Morgan fingerprint density at radius 2 is 1.79 bits per heavy atom. The number of likely N-dealkylation sites (tertiary alicyclic amines) is 1. The third kappa shape index (κ3) is 5.25. The number of methoxy groups -OCH3 is 3. The fourth-order valence-electron chi connectivity index (χ4n) is 4.36. The molecule has 1 aliphatic rings. The highest BCUT2D eigenvalue weighted by molar-refractivity contribution is 7.09. The van der Waals surface area contributed by atoms with E-state index in [2.05, 4.69) is 16.3 Å². The first-order chi connectivity index (χ1) is 16.1. The Morgan fingerprint density at radius 1 is 1.03 bits per heavy atom. The Balaban J connectivity index is 1.57. The second-order valence-electron chi connectivity index (χ2n) is 7.99. The number of rotatable bonds is 9. The molecular weight excluding hydrogens is 436 g/mol. The molecule has 1 aliphatic heterocycles. The molecule has 0 aliphatic carbocycles. The number of anilines is 1. The van der Waals surface area contributed by atoms with Gasteiger partial charge in [0.1, 0.15) is 17.2 Å². The average Bonchev–Trinajstić information content (AvgIpc) is 3.55. The first kappa shape index (κ1) is 23.0. The largest absolute Gasteiger partial charge is 0.497 e. The van der Waals surface area contributed by atoms with Gasteiger partial charge in [0.05, 0.1) is 40.5 Å². The molecule has 1 atom stereocenters. The van der Waals surface area contributed by atoms with Gasteiger partial charge in [-0.2, -0.15) is 0 Å². The van der Waals surface area contributed by atoms with Crippen LogP contribution in [0.4, 0.5) is 5.69 Å². The minimum atomic E-state index is -0.0259. The lowest BCUT2D eigenvalue weighted by atomic mass is 10.0. The van der Waals surface area contributed by atoms with Gasteiger partial charge in [-0.15, -0.1) is 11.3 Å². The van der Waals surface area contributed by atoms with E-state index in [0.717, 1.165) is 47.9 Å². The van der Waals surface area contributed by atoms with Gasteiger partial charge < -0.3 is 24.0 Å². The number of ether oxygens (including phenoxy) is 3. The molecule has 0 N–H and O–H groups in total. The average molecular weight is 467 g/mol. The molecule has 33 heavy (non-hydrogen) atoms. The summed E-state index contributed by atoms with van der Waals surface area (Å²) in [7, 11) is 4.97. The van der Waals surface area contributed by atoms with Gasteiger partial charge in [0.2, 0.25) is 5.91 Å². The molecule has 1 amide bonds. The Kier molecular flexibility index (Phi) is 7.40. The van der Waals surface area contributed by atoms with Crippen LogP contribution >= 0.6 is 11.3 Å². The predicted molar refractivity (Wildman–Crippen MR) is 132 cm³/mol. The summed E-state index contributed by atoms with van der Waals surface area (Å²) in [6.45, 7) is 1.71. The highest BCUT2D eigenvalue weighted by atomic mass is 32.1. The molecule has 1 unspecified atom stereocenters. The van der Waals surface area contributed by atoms with Crippen LogP contribution in [-0.4, -0.2) is 45.2 Å². The smallest absolute Gasteiger partial charge is 0.242 e. The van der Waals surface area contributed by atoms with Crippen LogP contribution in [0.5, 0.6) is 17.2 Å².